The van der Waals surface area contributed by atoms with Crippen LogP contribution in [0.15, 0.2) is 83.5 Å². The first-order chi connectivity index (χ1) is 15.8. The van der Waals surface area contributed by atoms with E-state index in [-0.39, 0.29) is 0 Å². The molecule has 0 atom stereocenters. The molecular weight excluding hydrogens is 398 g/mol. The van der Waals surface area contributed by atoms with Crippen molar-refractivity contribution in [3.8, 4) is 22.5 Å². The summed E-state index contributed by atoms with van der Waals surface area (Å²) < 4.78 is 5.81. The van der Waals surface area contributed by atoms with Crippen molar-refractivity contribution in [2.45, 2.75) is 26.3 Å². The van der Waals surface area contributed by atoms with Crippen LogP contribution in [0.1, 0.15) is 25.3 Å². The molecule has 0 bridgehead atoms. The number of fused-ring (bicyclic) bond motifs is 1. The second-order valence-electron chi connectivity index (χ2n) is 7.88. The molecule has 3 aromatic carbocycles. The van der Waals surface area contributed by atoms with Gasteiger partial charge in [0.15, 0.2) is 11.4 Å². The van der Waals surface area contributed by atoms with E-state index in [9.17, 15) is 0 Å². The van der Waals surface area contributed by atoms with E-state index >= 15 is 0 Å². The summed E-state index contributed by atoms with van der Waals surface area (Å²) >= 11 is 0. The summed E-state index contributed by atoms with van der Waals surface area (Å²) in [6.45, 7) is 4.04. The van der Waals surface area contributed by atoms with Gasteiger partial charge in [-0.05, 0) is 45.7 Å². The third kappa shape index (κ3) is 3.99. The van der Waals surface area contributed by atoms with E-state index in [4.69, 9.17) is 4.42 Å². The van der Waals surface area contributed by atoms with Crippen molar-refractivity contribution >= 4 is 16.7 Å². The molecule has 6 nitrogen and oxygen atoms in total. The topological polar surface area (TPSA) is 70.8 Å². The summed E-state index contributed by atoms with van der Waals surface area (Å²) in [6, 6.07) is 25.3. The molecule has 0 fully saturated rings. The monoisotopic (exact) mass is 423 g/mol. The van der Waals surface area contributed by atoms with Crippen molar-refractivity contribution in [1.82, 2.24) is 20.6 Å². The Kier molecular flexibility index (Phi) is 5.66. The number of H-pyrrole nitrogens is 1. The molecule has 2 heterocycles. The van der Waals surface area contributed by atoms with Gasteiger partial charge in [0, 0.05) is 24.0 Å². The molecule has 6 heteroatoms. The summed E-state index contributed by atoms with van der Waals surface area (Å²) in [5.41, 5.74) is 6.57. The van der Waals surface area contributed by atoms with Crippen LogP contribution in [-0.4, -0.2) is 27.2 Å². The maximum atomic E-state index is 5.81. The maximum Gasteiger partial charge on any atom is 0.180 e. The Morgan fingerprint density at radius 1 is 0.906 bits per heavy atom. The van der Waals surface area contributed by atoms with Crippen LogP contribution in [0, 0.1) is 0 Å². The Balaban J connectivity index is 1.43. The minimum atomic E-state index is 0.668. The fourth-order valence-corrected chi connectivity index (χ4v) is 4.08. The number of anilines is 1. The highest BCUT2D eigenvalue weighted by molar-refractivity contribution is 5.89. The molecule has 0 amide bonds. The predicted molar refractivity (Wildman–Crippen MR) is 127 cm³/mol. The Labute approximate surface area is 186 Å². The molecule has 0 aliphatic heterocycles. The fourth-order valence-electron chi connectivity index (χ4n) is 4.08. The van der Waals surface area contributed by atoms with Gasteiger partial charge in [0.1, 0.15) is 0 Å². The number of unbranched alkanes of at least 4 members (excludes halogenated alkanes) is 1. The average molecular weight is 424 g/mol. The summed E-state index contributed by atoms with van der Waals surface area (Å²) in [4.78, 5) is 2.42. The number of furan rings is 1. The number of benzene rings is 3. The molecule has 1 N–H and O–H groups in total. The van der Waals surface area contributed by atoms with Crippen LogP contribution < -0.4 is 4.90 Å². The van der Waals surface area contributed by atoms with Gasteiger partial charge in [-0.3, -0.25) is 0 Å². The number of nitrogens with one attached hydrogen (secondary N) is 1. The Bertz CT molecular complexity index is 1290. The average Bonchev–Trinajstić information content (AvgIpc) is 3.54. The smallest absolute Gasteiger partial charge is 0.180 e. The third-order valence-electron chi connectivity index (χ3n) is 5.75. The van der Waals surface area contributed by atoms with Gasteiger partial charge in [0.05, 0.1) is 12.0 Å². The molecule has 0 aliphatic rings. The standard InChI is InChI=1S/C26H25N5O/c1-2-3-16-31(24-10-6-7-21-15-17-32-25(21)24)18-19-11-13-20(14-12-19)22-8-4-5-9-23(22)26-27-29-30-28-26/h4-15,17H,2-3,16,18H2,1H3,(H,27,28,29,30). The zero-order valence-corrected chi connectivity index (χ0v) is 18.0. The first-order valence-corrected chi connectivity index (χ1v) is 11.0. The zero-order valence-electron chi connectivity index (χ0n) is 18.0. The lowest BCUT2D eigenvalue weighted by molar-refractivity contribution is 0.611. The van der Waals surface area contributed by atoms with Gasteiger partial charge in [-0.25, -0.2) is 5.10 Å². The molecule has 5 aromatic rings. The highest BCUT2D eigenvalue weighted by Crippen LogP contribution is 2.31. The summed E-state index contributed by atoms with van der Waals surface area (Å²) in [5, 5.41) is 15.5. The van der Waals surface area contributed by atoms with E-state index < -0.39 is 0 Å². The second-order valence-corrected chi connectivity index (χ2v) is 7.88. The van der Waals surface area contributed by atoms with E-state index in [2.05, 4.69) is 81.0 Å². The van der Waals surface area contributed by atoms with Crippen LogP contribution >= 0.6 is 0 Å². The molecule has 32 heavy (non-hydrogen) atoms. The predicted octanol–water partition coefficient (Wildman–Crippen LogP) is 6.09. The number of para-hydroxylation sites is 1. The van der Waals surface area contributed by atoms with Crippen LogP contribution in [0.4, 0.5) is 5.69 Å². The molecule has 0 spiro atoms. The van der Waals surface area contributed by atoms with Crippen molar-refractivity contribution in [2.24, 2.45) is 0 Å². The van der Waals surface area contributed by atoms with Gasteiger partial charge in [-0.15, -0.1) is 5.10 Å². The van der Waals surface area contributed by atoms with Crippen LogP contribution in [0.3, 0.4) is 0 Å². The molecule has 160 valence electrons. The van der Waals surface area contributed by atoms with Crippen LogP contribution in [0.25, 0.3) is 33.5 Å². The Hall–Kier alpha value is -3.93. The van der Waals surface area contributed by atoms with Gasteiger partial charge in [-0.2, -0.15) is 0 Å². The van der Waals surface area contributed by atoms with E-state index in [0.717, 1.165) is 59.3 Å². The van der Waals surface area contributed by atoms with E-state index in [1.165, 1.54) is 5.56 Å². The number of hydrogen-bond acceptors (Lipinski definition) is 5. The molecular formula is C26H25N5O. The van der Waals surface area contributed by atoms with E-state index in [1.54, 1.807) is 6.26 Å². The third-order valence-corrected chi connectivity index (χ3v) is 5.75. The molecule has 0 saturated heterocycles. The number of tetrazole rings is 1. The zero-order chi connectivity index (χ0) is 21.8. The lowest BCUT2D eigenvalue weighted by Gasteiger charge is -2.25. The van der Waals surface area contributed by atoms with Crippen LogP contribution in [0.2, 0.25) is 0 Å². The van der Waals surface area contributed by atoms with Crippen molar-refractivity contribution in [1.29, 1.82) is 0 Å². The highest BCUT2D eigenvalue weighted by atomic mass is 16.3. The first kappa shape index (κ1) is 20.0. The fraction of sp³-hybridized carbons (Fsp3) is 0.192. The first-order valence-electron chi connectivity index (χ1n) is 11.0. The van der Waals surface area contributed by atoms with E-state index in [0.29, 0.717) is 5.82 Å². The van der Waals surface area contributed by atoms with Gasteiger partial charge in [0.2, 0.25) is 0 Å². The second kappa shape index (κ2) is 9.06. The molecule has 2 aromatic heterocycles. The Morgan fingerprint density at radius 2 is 1.75 bits per heavy atom. The minimum Gasteiger partial charge on any atom is -0.462 e. The van der Waals surface area contributed by atoms with Crippen molar-refractivity contribution < 1.29 is 4.42 Å². The summed E-state index contributed by atoms with van der Waals surface area (Å²) in [7, 11) is 0. The van der Waals surface area contributed by atoms with Crippen molar-refractivity contribution in [2.75, 3.05) is 11.4 Å². The lowest BCUT2D eigenvalue weighted by Crippen LogP contribution is -2.24. The van der Waals surface area contributed by atoms with E-state index in [1.807, 2.05) is 24.3 Å². The summed E-state index contributed by atoms with van der Waals surface area (Å²) in [5.74, 6) is 0.668. The number of aromatic nitrogens is 4. The molecule has 0 radical (unpaired) electrons. The summed E-state index contributed by atoms with van der Waals surface area (Å²) in [6.07, 6.45) is 4.05. The largest absolute Gasteiger partial charge is 0.462 e. The van der Waals surface area contributed by atoms with Gasteiger partial charge in [0.25, 0.3) is 0 Å². The highest BCUT2D eigenvalue weighted by Gasteiger charge is 2.14. The normalized spacial score (nSPS) is 11.2. The maximum absolute atomic E-state index is 5.81. The van der Waals surface area contributed by atoms with Gasteiger partial charge < -0.3 is 9.32 Å². The number of nitrogens with zero attached hydrogens (tertiary/aromatic N) is 4. The molecule has 0 unspecified atom stereocenters. The number of aromatic amines is 1. The quantitative estimate of drug-likeness (QED) is 0.327. The minimum absolute atomic E-state index is 0.668. The van der Waals surface area contributed by atoms with Crippen molar-refractivity contribution in [3.05, 3.63) is 84.6 Å². The molecule has 0 saturated carbocycles. The lowest BCUT2D eigenvalue weighted by atomic mass is 9.98. The molecule has 0 aliphatic carbocycles. The Morgan fingerprint density at radius 3 is 2.53 bits per heavy atom. The van der Waals surface area contributed by atoms with Gasteiger partial charge >= 0.3 is 0 Å². The SMILES string of the molecule is CCCCN(Cc1ccc(-c2ccccc2-c2nnn[nH]2)cc1)c1cccc2ccoc12. The van der Waals surface area contributed by atoms with Crippen LogP contribution in [-0.2, 0) is 6.54 Å². The number of rotatable bonds is 8. The molecule has 5 rings (SSSR count). The van der Waals surface area contributed by atoms with Crippen LogP contribution in [0.5, 0.6) is 0 Å². The van der Waals surface area contributed by atoms with Crippen molar-refractivity contribution in [3.63, 3.8) is 0 Å². The number of hydrogen-bond donors (Lipinski definition) is 1. The van der Waals surface area contributed by atoms with Gasteiger partial charge in [-0.1, -0.05) is 74.0 Å².